The van der Waals surface area contributed by atoms with Crippen molar-refractivity contribution in [1.29, 1.82) is 0 Å². The Hall–Kier alpha value is -4.38. The summed E-state index contributed by atoms with van der Waals surface area (Å²) in [7, 11) is 0. The maximum atomic E-state index is 13.6. The summed E-state index contributed by atoms with van der Waals surface area (Å²) < 4.78 is 5.73. The van der Waals surface area contributed by atoms with Gasteiger partial charge < -0.3 is 14.7 Å². The number of rotatable bonds is 11. The number of aromatic carboxylic acids is 1. The Morgan fingerprint density at radius 1 is 0.789 bits per heavy atom. The van der Waals surface area contributed by atoms with Crippen molar-refractivity contribution >= 4 is 11.9 Å². The molecule has 1 N–H and O–H groups in total. The van der Waals surface area contributed by atoms with Gasteiger partial charge >= 0.3 is 5.97 Å². The molecule has 5 nitrogen and oxygen atoms in total. The van der Waals surface area contributed by atoms with Crippen LogP contribution in [0.5, 0.6) is 5.75 Å². The third kappa shape index (κ3) is 7.10. The van der Waals surface area contributed by atoms with Gasteiger partial charge in [-0.05, 0) is 79.3 Å². The number of amides is 1. The first-order chi connectivity index (χ1) is 18.4. The van der Waals surface area contributed by atoms with Crippen molar-refractivity contribution < 1.29 is 19.4 Å². The molecule has 194 valence electrons. The van der Waals surface area contributed by atoms with Crippen LogP contribution in [0.1, 0.15) is 52.1 Å². The Morgan fingerprint density at radius 2 is 1.45 bits per heavy atom. The Morgan fingerprint density at radius 3 is 2.11 bits per heavy atom. The van der Waals surface area contributed by atoms with Crippen molar-refractivity contribution in [2.75, 3.05) is 6.54 Å². The van der Waals surface area contributed by atoms with E-state index < -0.39 is 5.97 Å². The molecule has 1 amide bonds. The number of aryl methyl sites for hydroxylation is 1. The van der Waals surface area contributed by atoms with Gasteiger partial charge in [0.1, 0.15) is 5.75 Å². The molecular formula is C33H33NO4. The minimum atomic E-state index is -0.954. The molecule has 0 aliphatic carbocycles. The van der Waals surface area contributed by atoms with Gasteiger partial charge in [0.15, 0.2) is 0 Å². The highest BCUT2D eigenvalue weighted by molar-refractivity contribution is 5.96. The molecule has 0 atom stereocenters. The summed E-state index contributed by atoms with van der Waals surface area (Å²) in [4.78, 5) is 27.1. The number of carbonyl (C=O) groups excluding carboxylic acids is 1. The number of carboxylic acid groups (broad SMARTS) is 1. The highest BCUT2D eigenvalue weighted by atomic mass is 16.5. The van der Waals surface area contributed by atoms with Crippen LogP contribution in [0.3, 0.4) is 0 Å². The average molecular weight is 508 g/mol. The van der Waals surface area contributed by atoms with Gasteiger partial charge in [0, 0.05) is 18.7 Å². The number of benzene rings is 4. The van der Waals surface area contributed by atoms with E-state index in [-0.39, 0.29) is 17.6 Å². The second kappa shape index (κ2) is 12.7. The number of hydrogen-bond donors (Lipinski definition) is 1. The fourth-order valence-corrected chi connectivity index (χ4v) is 4.43. The second-order valence-electron chi connectivity index (χ2n) is 9.55. The van der Waals surface area contributed by atoms with Gasteiger partial charge in [-0.3, -0.25) is 4.79 Å². The van der Waals surface area contributed by atoms with Gasteiger partial charge in [-0.15, -0.1) is 0 Å². The van der Waals surface area contributed by atoms with E-state index in [9.17, 15) is 14.7 Å². The lowest BCUT2D eigenvalue weighted by atomic mass is 9.98. The van der Waals surface area contributed by atoms with Crippen LogP contribution in [0.2, 0.25) is 0 Å². The number of ether oxygens (including phenoxy) is 1. The molecule has 0 aliphatic heterocycles. The van der Waals surface area contributed by atoms with Gasteiger partial charge in [0.2, 0.25) is 0 Å². The molecular weight excluding hydrogens is 474 g/mol. The molecule has 0 radical (unpaired) electrons. The first-order valence-electron chi connectivity index (χ1n) is 12.9. The van der Waals surface area contributed by atoms with Crippen molar-refractivity contribution in [3.8, 4) is 16.9 Å². The van der Waals surface area contributed by atoms with Crippen molar-refractivity contribution in [2.24, 2.45) is 0 Å². The van der Waals surface area contributed by atoms with E-state index in [1.165, 1.54) is 5.56 Å². The Labute approximate surface area is 224 Å². The number of nitrogens with zero attached hydrogens (tertiary/aromatic N) is 1. The van der Waals surface area contributed by atoms with Gasteiger partial charge in [-0.25, -0.2) is 4.79 Å². The quantitative estimate of drug-likeness (QED) is 0.235. The van der Waals surface area contributed by atoms with Crippen molar-refractivity contribution in [3.05, 3.63) is 125 Å². The van der Waals surface area contributed by atoms with Crippen LogP contribution in [0.15, 0.2) is 103 Å². The molecule has 0 saturated heterocycles. The number of carboxylic acids is 1. The van der Waals surface area contributed by atoms with E-state index in [4.69, 9.17) is 4.74 Å². The Balaban J connectivity index is 1.52. The topological polar surface area (TPSA) is 66.8 Å². The second-order valence-corrected chi connectivity index (χ2v) is 9.55. The van der Waals surface area contributed by atoms with Gasteiger partial charge in [-0.1, -0.05) is 72.8 Å². The average Bonchev–Trinajstić information content (AvgIpc) is 2.93. The first kappa shape index (κ1) is 26.7. The summed E-state index contributed by atoms with van der Waals surface area (Å²) in [5.41, 5.74) is 4.61. The summed E-state index contributed by atoms with van der Waals surface area (Å²) >= 11 is 0. The zero-order valence-electron chi connectivity index (χ0n) is 21.8. The lowest BCUT2D eigenvalue weighted by Gasteiger charge is -2.23. The largest absolute Gasteiger partial charge is 0.491 e. The van der Waals surface area contributed by atoms with Crippen LogP contribution in [0, 0.1) is 0 Å². The standard InChI is InChI=1S/C33H33NO4/c1-24(2)38-29-20-18-28(19-21-29)32(35)34(22-8-11-25-9-4-3-5-10-25)23-26-14-16-27(17-15-26)30-12-6-7-13-31(30)33(36)37/h3-7,9-10,12-21,24H,8,11,22-23H2,1-2H3,(H,36,37). The predicted octanol–water partition coefficient (Wildman–Crippen LogP) is 7.11. The molecule has 0 aromatic heterocycles. The monoisotopic (exact) mass is 507 g/mol. The molecule has 0 bridgehead atoms. The summed E-state index contributed by atoms with van der Waals surface area (Å²) in [6.07, 6.45) is 1.79. The molecule has 0 spiro atoms. The zero-order chi connectivity index (χ0) is 26.9. The summed E-state index contributed by atoms with van der Waals surface area (Å²) in [6, 6.07) is 32.3. The maximum Gasteiger partial charge on any atom is 0.336 e. The fourth-order valence-electron chi connectivity index (χ4n) is 4.43. The minimum Gasteiger partial charge on any atom is -0.491 e. The van der Waals surface area contributed by atoms with Crippen LogP contribution >= 0.6 is 0 Å². The van der Waals surface area contributed by atoms with E-state index in [1.807, 2.05) is 97.6 Å². The molecule has 4 rings (SSSR count). The lowest BCUT2D eigenvalue weighted by Crippen LogP contribution is -2.31. The van der Waals surface area contributed by atoms with E-state index in [2.05, 4.69) is 12.1 Å². The summed E-state index contributed by atoms with van der Waals surface area (Å²) in [5, 5.41) is 9.54. The normalized spacial score (nSPS) is 10.8. The molecule has 0 unspecified atom stereocenters. The van der Waals surface area contributed by atoms with Crippen molar-refractivity contribution in [2.45, 2.75) is 39.3 Å². The van der Waals surface area contributed by atoms with Gasteiger partial charge in [0.05, 0.1) is 11.7 Å². The summed E-state index contributed by atoms with van der Waals surface area (Å²) in [6.45, 7) is 5.01. The molecule has 38 heavy (non-hydrogen) atoms. The molecule has 4 aromatic rings. The molecule has 0 fully saturated rings. The number of carbonyl (C=O) groups is 2. The van der Waals surface area contributed by atoms with E-state index in [0.29, 0.717) is 24.2 Å². The van der Waals surface area contributed by atoms with Crippen LogP contribution in [0.25, 0.3) is 11.1 Å². The molecule has 0 heterocycles. The van der Waals surface area contributed by atoms with Crippen LogP contribution in [-0.2, 0) is 13.0 Å². The Bertz CT molecular complexity index is 1350. The smallest absolute Gasteiger partial charge is 0.336 e. The molecule has 0 aliphatic rings. The highest BCUT2D eigenvalue weighted by Crippen LogP contribution is 2.25. The first-order valence-corrected chi connectivity index (χ1v) is 12.9. The van der Waals surface area contributed by atoms with Gasteiger partial charge in [-0.2, -0.15) is 0 Å². The van der Waals surface area contributed by atoms with Crippen LogP contribution in [-0.4, -0.2) is 34.5 Å². The lowest BCUT2D eigenvalue weighted by molar-refractivity contribution is 0.0696. The van der Waals surface area contributed by atoms with Crippen LogP contribution < -0.4 is 4.74 Å². The van der Waals surface area contributed by atoms with E-state index in [0.717, 1.165) is 29.7 Å². The third-order valence-corrected chi connectivity index (χ3v) is 6.29. The zero-order valence-corrected chi connectivity index (χ0v) is 21.8. The Kier molecular flexibility index (Phi) is 8.94. The summed E-state index contributed by atoms with van der Waals surface area (Å²) in [5.74, 6) is -0.247. The minimum absolute atomic E-state index is 0.0329. The number of hydrogen-bond acceptors (Lipinski definition) is 3. The van der Waals surface area contributed by atoms with Crippen LogP contribution in [0.4, 0.5) is 0 Å². The van der Waals surface area contributed by atoms with E-state index in [1.54, 1.807) is 12.1 Å². The van der Waals surface area contributed by atoms with Crippen molar-refractivity contribution in [3.63, 3.8) is 0 Å². The maximum absolute atomic E-state index is 13.6. The third-order valence-electron chi connectivity index (χ3n) is 6.29. The van der Waals surface area contributed by atoms with Crippen molar-refractivity contribution in [1.82, 2.24) is 4.90 Å². The molecule has 5 heteroatoms. The highest BCUT2D eigenvalue weighted by Gasteiger charge is 2.17. The SMILES string of the molecule is CC(C)Oc1ccc(C(=O)N(CCCc2ccccc2)Cc2ccc(-c3ccccc3C(=O)O)cc2)cc1. The van der Waals surface area contributed by atoms with E-state index >= 15 is 0 Å². The van der Waals surface area contributed by atoms with Gasteiger partial charge in [0.25, 0.3) is 5.91 Å². The fraction of sp³-hybridized carbons (Fsp3) is 0.212. The molecule has 4 aromatic carbocycles. The molecule has 0 saturated carbocycles. The predicted molar refractivity (Wildman–Crippen MR) is 151 cm³/mol.